The Morgan fingerprint density at radius 2 is 1.88 bits per heavy atom. The number of hydrogen-bond acceptors (Lipinski definition) is 2. The van der Waals surface area contributed by atoms with Gasteiger partial charge in [-0.15, -0.1) is 0 Å². The quantitative estimate of drug-likeness (QED) is 0.493. The Balaban J connectivity index is 2.53. The third-order valence-electron chi connectivity index (χ3n) is 0.694. The first-order valence-electron chi connectivity index (χ1n) is 2.77. The predicted molar refractivity (Wildman–Crippen MR) is 31.6 cm³/mol. The molecule has 48 valence electrons. The second kappa shape index (κ2) is 6.92. The van der Waals surface area contributed by atoms with Crippen LogP contribution in [0.2, 0.25) is 0 Å². The van der Waals surface area contributed by atoms with Crippen LogP contribution in [0.25, 0.3) is 0 Å². The van der Waals surface area contributed by atoms with Gasteiger partial charge in [-0.3, -0.25) is 0 Å². The molecule has 0 aliphatic heterocycles. The Morgan fingerprint density at radius 3 is 2.38 bits per heavy atom. The van der Waals surface area contributed by atoms with Crippen molar-refractivity contribution in [1.82, 2.24) is 0 Å². The van der Waals surface area contributed by atoms with Crippen LogP contribution in [0.5, 0.6) is 0 Å². The van der Waals surface area contributed by atoms with E-state index in [0.717, 1.165) is 6.61 Å². The Labute approximate surface area is 50.8 Å². The molecule has 0 aromatic rings. The fraction of sp³-hybridized carbons (Fsp3) is 0.833. The summed E-state index contributed by atoms with van der Waals surface area (Å²) in [5, 5.41) is 0. The maximum absolute atomic E-state index is 5.03. The third-order valence-corrected chi connectivity index (χ3v) is 0.694. The molecule has 0 rings (SSSR count). The molecule has 2 radical (unpaired) electrons. The Morgan fingerprint density at radius 1 is 1.25 bits per heavy atom. The van der Waals surface area contributed by atoms with Gasteiger partial charge in [0.1, 0.15) is 0 Å². The number of ether oxygens (including phenoxy) is 2. The van der Waals surface area contributed by atoms with Gasteiger partial charge < -0.3 is 9.47 Å². The molecule has 0 spiro atoms. The van der Waals surface area contributed by atoms with Gasteiger partial charge in [0, 0.05) is 6.61 Å². The highest BCUT2D eigenvalue weighted by Gasteiger charge is 1.81. The van der Waals surface area contributed by atoms with Crippen LogP contribution >= 0.6 is 0 Å². The van der Waals surface area contributed by atoms with Crippen LogP contribution in [0.1, 0.15) is 6.92 Å². The summed E-state index contributed by atoms with van der Waals surface area (Å²) in [5.74, 6) is 0. The van der Waals surface area contributed by atoms with Crippen LogP contribution < -0.4 is 0 Å². The number of rotatable bonds is 5. The van der Waals surface area contributed by atoms with E-state index in [1.165, 1.54) is 0 Å². The lowest BCUT2D eigenvalue weighted by Crippen LogP contribution is -2.02. The van der Waals surface area contributed by atoms with Crippen LogP contribution in [-0.2, 0) is 9.47 Å². The Hall–Kier alpha value is -0.0800. The fourth-order valence-corrected chi connectivity index (χ4v) is 0.346. The summed E-state index contributed by atoms with van der Waals surface area (Å²) in [6, 6.07) is 0. The van der Waals surface area contributed by atoms with Crippen molar-refractivity contribution in [3.63, 3.8) is 0 Å². The highest BCUT2D eigenvalue weighted by Crippen LogP contribution is 1.75. The molecule has 0 fully saturated rings. The van der Waals surface area contributed by atoms with Crippen LogP contribution in [0.3, 0.4) is 0 Å². The van der Waals surface area contributed by atoms with E-state index in [1.54, 1.807) is 0 Å². The standard InChI is InChI=1S/C6H12O2/c1-3-7-5-6-8-4-2/h1H,3-6H2,2H3. The van der Waals surface area contributed by atoms with Crippen molar-refractivity contribution in [2.75, 3.05) is 26.4 Å². The van der Waals surface area contributed by atoms with E-state index in [4.69, 9.17) is 16.4 Å². The van der Waals surface area contributed by atoms with Crippen molar-refractivity contribution >= 4 is 0 Å². The van der Waals surface area contributed by atoms with Crippen molar-refractivity contribution in [2.45, 2.75) is 6.92 Å². The molecule has 0 N–H and O–H groups in total. The summed E-state index contributed by atoms with van der Waals surface area (Å²) in [6.45, 7) is 9.26. The zero-order valence-electron chi connectivity index (χ0n) is 5.22. The molecule has 0 atom stereocenters. The van der Waals surface area contributed by atoms with Crippen LogP contribution in [0, 0.1) is 6.92 Å². The van der Waals surface area contributed by atoms with Gasteiger partial charge in [-0.05, 0) is 13.8 Å². The fourth-order valence-electron chi connectivity index (χ4n) is 0.346. The van der Waals surface area contributed by atoms with E-state index in [9.17, 15) is 0 Å². The Kier molecular flexibility index (Phi) is 6.85. The normalized spacial score (nSPS) is 9.75. The molecule has 0 aromatic carbocycles. The van der Waals surface area contributed by atoms with E-state index >= 15 is 0 Å². The molecule has 0 bridgehead atoms. The molecule has 0 heterocycles. The molecule has 0 unspecified atom stereocenters. The smallest absolute Gasteiger partial charge is 0.0700 e. The summed E-state index contributed by atoms with van der Waals surface area (Å²) in [5.41, 5.74) is 0. The zero-order chi connectivity index (χ0) is 6.24. The minimum absolute atomic E-state index is 0.285. The van der Waals surface area contributed by atoms with Gasteiger partial charge in [-0.2, -0.15) is 0 Å². The monoisotopic (exact) mass is 116 g/mol. The van der Waals surface area contributed by atoms with Gasteiger partial charge in [-0.1, -0.05) is 0 Å². The van der Waals surface area contributed by atoms with Gasteiger partial charge in [0.05, 0.1) is 19.8 Å². The second-order valence-corrected chi connectivity index (χ2v) is 1.27. The molecule has 0 saturated heterocycles. The summed E-state index contributed by atoms with van der Waals surface area (Å²) >= 11 is 0. The average molecular weight is 116 g/mol. The van der Waals surface area contributed by atoms with Gasteiger partial charge in [0.2, 0.25) is 0 Å². The minimum atomic E-state index is 0.285. The SMILES string of the molecule is [CH]COCCOCC. The molecule has 8 heavy (non-hydrogen) atoms. The first-order valence-corrected chi connectivity index (χ1v) is 2.77. The first-order chi connectivity index (χ1) is 3.91. The molecule has 2 heteroatoms. The largest absolute Gasteiger partial charge is 0.379 e. The molecule has 0 saturated carbocycles. The lowest BCUT2D eigenvalue weighted by molar-refractivity contribution is 0.0638. The van der Waals surface area contributed by atoms with Gasteiger partial charge in [0.25, 0.3) is 0 Å². The minimum Gasteiger partial charge on any atom is -0.379 e. The number of hydrogen-bond donors (Lipinski definition) is 0. The van der Waals surface area contributed by atoms with Crippen LogP contribution in [0.4, 0.5) is 0 Å². The van der Waals surface area contributed by atoms with E-state index in [1.807, 2.05) is 6.92 Å². The Bertz CT molecular complexity index is 31.5. The van der Waals surface area contributed by atoms with E-state index in [-0.39, 0.29) is 6.61 Å². The molecule has 2 nitrogen and oxygen atoms in total. The average Bonchev–Trinajstić information content (AvgIpc) is 1.81. The van der Waals surface area contributed by atoms with Gasteiger partial charge in [-0.25, -0.2) is 0 Å². The molecule has 0 amide bonds. The van der Waals surface area contributed by atoms with E-state index in [0.29, 0.717) is 13.2 Å². The second-order valence-electron chi connectivity index (χ2n) is 1.27. The lowest BCUT2D eigenvalue weighted by atomic mass is 10.7. The zero-order valence-corrected chi connectivity index (χ0v) is 5.22. The maximum atomic E-state index is 5.03. The highest BCUT2D eigenvalue weighted by atomic mass is 16.5. The molecule has 0 aromatic heterocycles. The van der Waals surface area contributed by atoms with Gasteiger partial charge >= 0.3 is 0 Å². The summed E-state index contributed by atoms with van der Waals surface area (Å²) in [6.07, 6.45) is 0. The summed E-state index contributed by atoms with van der Waals surface area (Å²) in [4.78, 5) is 0. The van der Waals surface area contributed by atoms with Crippen molar-refractivity contribution in [2.24, 2.45) is 0 Å². The summed E-state index contributed by atoms with van der Waals surface area (Å²) in [7, 11) is 0. The van der Waals surface area contributed by atoms with E-state index < -0.39 is 0 Å². The van der Waals surface area contributed by atoms with Gasteiger partial charge in [0.15, 0.2) is 0 Å². The van der Waals surface area contributed by atoms with Crippen molar-refractivity contribution in [1.29, 1.82) is 0 Å². The molecular weight excluding hydrogens is 104 g/mol. The van der Waals surface area contributed by atoms with Crippen molar-refractivity contribution in [3.05, 3.63) is 6.92 Å². The first kappa shape index (κ1) is 7.92. The maximum Gasteiger partial charge on any atom is 0.0700 e. The van der Waals surface area contributed by atoms with Crippen LogP contribution in [0.15, 0.2) is 0 Å². The third kappa shape index (κ3) is 5.92. The van der Waals surface area contributed by atoms with Crippen molar-refractivity contribution in [3.8, 4) is 0 Å². The summed E-state index contributed by atoms with van der Waals surface area (Å²) < 4.78 is 9.74. The molecule has 0 aliphatic rings. The van der Waals surface area contributed by atoms with Crippen molar-refractivity contribution < 1.29 is 9.47 Å². The topological polar surface area (TPSA) is 18.5 Å². The predicted octanol–water partition coefficient (Wildman–Crippen LogP) is 0.751. The molecule has 0 aliphatic carbocycles. The van der Waals surface area contributed by atoms with E-state index in [2.05, 4.69) is 0 Å². The highest BCUT2D eigenvalue weighted by molar-refractivity contribution is 4.31. The molecular formula is C6H12O2. The van der Waals surface area contributed by atoms with Crippen LogP contribution in [-0.4, -0.2) is 26.4 Å². The lowest BCUT2D eigenvalue weighted by Gasteiger charge is -1.98.